The van der Waals surface area contributed by atoms with E-state index in [-0.39, 0.29) is 37.0 Å². The Bertz CT molecular complexity index is 1170. The van der Waals surface area contributed by atoms with Crippen molar-refractivity contribution in [3.63, 3.8) is 0 Å². The van der Waals surface area contributed by atoms with Crippen LogP contribution in [0.4, 0.5) is 0 Å². The molecule has 9 nitrogen and oxygen atoms in total. The van der Waals surface area contributed by atoms with Gasteiger partial charge in [-0.15, -0.1) is 0 Å². The van der Waals surface area contributed by atoms with Gasteiger partial charge < -0.3 is 38.2 Å². The van der Waals surface area contributed by atoms with Crippen molar-refractivity contribution in [2.45, 2.75) is 82.8 Å². The van der Waals surface area contributed by atoms with Crippen LogP contribution in [-0.2, 0) is 23.4 Å². The van der Waals surface area contributed by atoms with Gasteiger partial charge in [0.15, 0.2) is 25.6 Å². The van der Waals surface area contributed by atoms with E-state index in [4.69, 9.17) is 32.8 Å². The number of rotatable bonds is 12. The molecule has 0 bridgehead atoms. The van der Waals surface area contributed by atoms with E-state index in [1.807, 2.05) is 50.2 Å². The largest absolute Gasteiger partial charge is 0.454 e. The van der Waals surface area contributed by atoms with Crippen LogP contribution in [0, 0.1) is 0 Å². The molecule has 0 radical (unpaired) electrons. The maximum absolute atomic E-state index is 13.1. The molecule has 2 aromatic carbocycles. The summed E-state index contributed by atoms with van der Waals surface area (Å²) in [7, 11) is -0.486. The first-order chi connectivity index (χ1) is 19.3. The number of hydrogen-bond acceptors (Lipinski definition) is 8. The van der Waals surface area contributed by atoms with Crippen molar-refractivity contribution in [1.29, 1.82) is 0 Å². The zero-order chi connectivity index (χ0) is 29.8. The summed E-state index contributed by atoms with van der Waals surface area (Å²) in [5.41, 5.74) is 1.48. The highest BCUT2D eigenvalue weighted by molar-refractivity contribution is 6.74. The lowest BCUT2D eigenvalue weighted by atomic mass is 9.87. The number of amides is 1. The molecule has 226 valence electrons. The van der Waals surface area contributed by atoms with E-state index in [9.17, 15) is 4.79 Å². The van der Waals surface area contributed by atoms with Gasteiger partial charge in [-0.1, -0.05) is 45.0 Å². The predicted octanol–water partition coefficient (Wildman–Crippen LogP) is 5.46. The van der Waals surface area contributed by atoms with Crippen molar-refractivity contribution in [3.8, 4) is 11.5 Å². The van der Waals surface area contributed by atoms with E-state index in [1.54, 1.807) is 19.2 Å². The second kappa shape index (κ2) is 12.8. The number of fused-ring (bicyclic) bond motifs is 1. The quantitative estimate of drug-likeness (QED) is 0.259. The van der Waals surface area contributed by atoms with Crippen molar-refractivity contribution in [2.24, 2.45) is 0 Å². The standard InChI is InChI=1S/C31H45NO8Si/c1-30(2,3)41(7,8)38-18-26-28(40-31(4,5)39-26)27(37-19-34-6)23(17-32-29(33)21-12-10-9-11-13-21)22-14-15-24-25(16-22)36-20-35-24/h9-16,23,26-28H,17-20H2,1-8H3,(H,32,33)/t23-,26+,27+,28-/m1/s1. The molecule has 0 saturated carbocycles. The van der Waals surface area contributed by atoms with Gasteiger partial charge in [-0.25, -0.2) is 0 Å². The van der Waals surface area contributed by atoms with Crippen molar-refractivity contribution in [2.75, 3.05) is 33.8 Å². The van der Waals surface area contributed by atoms with Crippen molar-refractivity contribution in [3.05, 3.63) is 59.7 Å². The highest BCUT2D eigenvalue weighted by atomic mass is 28.4. The van der Waals surface area contributed by atoms with Crippen molar-refractivity contribution in [1.82, 2.24) is 5.32 Å². The molecule has 2 heterocycles. The van der Waals surface area contributed by atoms with E-state index in [2.05, 4.69) is 39.2 Å². The Kier molecular flexibility index (Phi) is 9.83. The summed E-state index contributed by atoms with van der Waals surface area (Å²) >= 11 is 0. The highest BCUT2D eigenvalue weighted by Gasteiger charge is 2.49. The summed E-state index contributed by atoms with van der Waals surface area (Å²) in [5.74, 6) is -0.0478. The molecule has 1 saturated heterocycles. The molecule has 1 fully saturated rings. The third-order valence-electron chi connectivity index (χ3n) is 8.08. The molecule has 41 heavy (non-hydrogen) atoms. The smallest absolute Gasteiger partial charge is 0.251 e. The van der Waals surface area contributed by atoms with Gasteiger partial charge >= 0.3 is 0 Å². The molecule has 4 rings (SSSR count). The fourth-order valence-corrected chi connectivity index (χ4v) is 5.84. The van der Waals surface area contributed by atoms with Gasteiger partial charge in [0.25, 0.3) is 5.91 Å². The molecule has 2 aliphatic heterocycles. The number of nitrogens with one attached hydrogen (secondary N) is 1. The third kappa shape index (κ3) is 7.68. The summed E-state index contributed by atoms with van der Waals surface area (Å²) in [6.45, 7) is 15.7. The van der Waals surface area contributed by atoms with Crippen LogP contribution in [0.1, 0.15) is 56.5 Å². The maximum Gasteiger partial charge on any atom is 0.251 e. The molecule has 0 aromatic heterocycles. The first kappa shape index (κ1) is 31.5. The average Bonchev–Trinajstić information content (AvgIpc) is 3.51. The van der Waals surface area contributed by atoms with Gasteiger partial charge in [0.1, 0.15) is 19.0 Å². The molecule has 2 aromatic rings. The molecule has 10 heteroatoms. The zero-order valence-electron chi connectivity index (χ0n) is 25.5. The second-order valence-corrected chi connectivity index (χ2v) is 17.4. The van der Waals surface area contributed by atoms with Crippen molar-refractivity contribution < 1.29 is 37.6 Å². The average molecular weight is 588 g/mol. The Balaban J connectivity index is 1.66. The van der Waals surface area contributed by atoms with Crippen LogP contribution in [0.5, 0.6) is 11.5 Å². The number of hydrogen-bond donors (Lipinski definition) is 1. The first-order valence-electron chi connectivity index (χ1n) is 14.1. The maximum atomic E-state index is 13.1. The minimum atomic E-state index is -2.07. The minimum absolute atomic E-state index is 0.0362. The number of carbonyl (C=O) groups is 1. The Hall–Kier alpha value is -2.47. The first-order valence-corrected chi connectivity index (χ1v) is 17.0. The summed E-state index contributed by atoms with van der Waals surface area (Å²) in [6, 6.07) is 14.9. The predicted molar refractivity (Wildman–Crippen MR) is 158 cm³/mol. The lowest BCUT2D eigenvalue weighted by Crippen LogP contribution is -2.49. The van der Waals surface area contributed by atoms with Crippen LogP contribution < -0.4 is 14.8 Å². The number of carbonyl (C=O) groups excluding carboxylic acids is 1. The summed E-state index contributed by atoms with van der Waals surface area (Å²) in [5, 5.41) is 3.15. The van der Waals surface area contributed by atoms with Gasteiger partial charge in [0.2, 0.25) is 6.79 Å². The van der Waals surface area contributed by atoms with E-state index >= 15 is 0 Å². The Morgan fingerprint density at radius 2 is 1.78 bits per heavy atom. The van der Waals surface area contributed by atoms with E-state index in [1.165, 1.54) is 0 Å². The van der Waals surface area contributed by atoms with Crippen LogP contribution in [0.2, 0.25) is 18.1 Å². The molecule has 2 aliphatic rings. The van der Waals surface area contributed by atoms with Gasteiger partial charge in [0, 0.05) is 25.1 Å². The summed E-state index contributed by atoms with van der Waals surface area (Å²) in [4.78, 5) is 13.1. The van der Waals surface area contributed by atoms with Crippen LogP contribution in [0.3, 0.4) is 0 Å². The van der Waals surface area contributed by atoms with Gasteiger partial charge in [0.05, 0.1) is 12.7 Å². The Labute approximate surface area is 244 Å². The van der Waals surface area contributed by atoms with E-state index in [0.717, 1.165) is 5.56 Å². The number of methoxy groups -OCH3 is 1. The molecular formula is C31H45NO8Si. The van der Waals surface area contributed by atoms with Gasteiger partial charge in [-0.05, 0) is 61.8 Å². The van der Waals surface area contributed by atoms with E-state index < -0.39 is 32.4 Å². The molecule has 1 N–H and O–H groups in total. The normalized spacial score (nSPS) is 21.5. The van der Waals surface area contributed by atoms with Crippen LogP contribution in [-0.4, -0.2) is 72.2 Å². The molecule has 4 atom stereocenters. The molecular weight excluding hydrogens is 542 g/mol. The molecule has 0 unspecified atom stereocenters. The minimum Gasteiger partial charge on any atom is -0.454 e. The summed E-state index contributed by atoms with van der Waals surface area (Å²) < 4.78 is 42.5. The lowest BCUT2D eigenvalue weighted by Gasteiger charge is -2.38. The van der Waals surface area contributed by atoms with Gasteiger partial charge in [-0.3, -0.25) is 4.79 Å². The molecule has 0 aliphatic carbocycles. The number of ether oxygens (including phenoxy) is 6. The monoisotopic (exact) mass is 587 g/mol. The third-order valence-corrected chi connectivity index (χ3v) is 12.6. The molecule has 0 spiro atoms. The lowest BCUT2D eigenvalue weighted by molar-refractivity contribution is -0.173. The van der Waals surface area contributed by atoms with Gasteiger partial charge in [-0.2, -0.15) is 0 Å². The van der Waals surface area contributed by atoms with Crippen LogP contribution >= 0.6 is 0 Å². The van der Waals surface area contributed by atoms with Crippen molar-refractivity contribution >= 4 is 14.2 Å². The Morgan fingerprint density at radius 1 is 1.07 bits per heavy atom. The van der Waals surface area contributed by atoms with Crippen LogP contribution in [0.25, 0.3) is 0 Å². The highest BCUT2D eigenvalue weighted by Crippen LogP contribution is 2.41. The fourth-order valence-electron chi connectivity index (χ4n) is 4.83. The number of benzene rings is 2. The molecule has 1 amide bonds. The van der Waals surface area contributed by atoms with E-state index in [0.29, 0.717) is 23.7 Å². The second-order valence-electron chi connectivity index (χ2n) is 12.5. The fraction of sp³-hybridized carbons (Fsp3) is 0.581. The Morgan fingerprint density at radius 3 is 2.46 bits per heavy atom. The van der Waals surface area contributed by atoms with Crippen LogP contribution in [0.15, 0.2) is 48.5 Å². The summed E-state index contributed by atoms with van der Waals surface area (Å²) in [6.07, 6.45) is -1.46. The topological polar surface area (TPSA) is 93.7 Å². The SMILES string of the molecule is COCO[C@H]([C@@H]1OC(C)(C)O[C@H]1CO[Si](C)(C)C(C)(C)C)[C@H](CNC(=O)c1ccccc1)c1ccc2c(c1)OCO2. The zero-order valence-corrected chi connectivity index (χ0v) is 26.5.